The van der Waals surface area contributed by atoms with Gasteiger partial charge >= 0.3 is 0 Å². The molecule has 5 rings (SSSR count). The molecule has 174 valence electrons. The Morgan fingerprint density at radius 2 is 1.51 bits per heavy atom. The lowest BCUT2D eigenvalue weighted by molar-refractivity contribution is 0.354. The topological polar surface area (TPSA) is 40.0 Å². The summed E-state index contributed by atoms with van der Waals surface area (Å²) in [7, 11) is 3.26. The minimum absolute atomic E-state index is 0.0597. The first-order valence-electron chi connectivity index (χ1n) is 11.3. The van der Waals surface area contributed by atoms with Crippen molar-refractivity contribution in [2.45, 2.75) is 5.92 Å². The third kappa shape index (κ3) is 4.60. The van der Waals surface area contributed by atoms with Crippen molar-refractivity contribution in [2.24, 2.45) is 4.99 Å². The summed E-state index contributed by atoms with van der Waals surface area (Å²) in [4.78, 5) is 4.86. The number of nitrogens with zero attached hydrogens (tertiary/aromatic N) is 1. The van der Waals surface area contributed by atoms with Crippen molar-refractivity contribution in [3.63, 3.8) is 0 Å². The van der Waals surface area contributed by atoms with Crippen molar-refractivity contribution in [3.8, 4) is 17.2 Å². The van der Waals surface area contributed by atoms with Crippen LogP contribution in [0.15, 0.2) is 112 Å². The van der Waals surface area contributed by atoms with Crippen LogP contribution in [0.5, 0.6) is 17.2 Å². The third-order valence-corrected chi connectivity index (χ3v) is 6.66. The number of ether oxygens (including phenoxy) is 3. The van der Waals surface area contributed by atoms with Gasteiger partial charge in [0.05, 0.1) is 19.9 Å². The average Bonchev–Trinajstić information content (AvgIpc) is 2.92. The van der Waals surface area contributed by atoms with E-state index >= 15 is 0 Å². The first-order chi connectivity index (χ1) is 17.2. The summed E-state index contributed by atoms with van der Waals surface area (Å²) in [5, 5.41) is 0. The summed E-state index contributed by atoms with van der Waals surface area (Å²) in [6.45, 7) is 0. The number of halogens is 1. The fraction of sp³-hybridized carbons (Fsp3) is 0.100. The Morgan fingerprint density at radius 1 is 0.800 bits per heavy atom. The molecule has 0 aromatic heterocycles. The molecule has 1 atom stereocenters. The molecule has 0 fully saturated rings. The molecule has 1 heterocycles. The molecule has 35 heavy (non-hydrogen) atoms. The smallest absolute Gasteiger partial charge is 0.161 e. The van der Waals surface area contributed by atoms with Crippen LogP contribution >= 0.6 is 15.9 Å². The zero-order valence-electron chi connectivity index (χ0n) is 19.4. The maximum absolute atomic E-state index is 6.55. The number of benzene rings is 4. The second-order valence-electron chi connectivity index (χ2n) is 8.05. The summed E-state index contributed by atoms with van der Waals surface area (Å²) >= 11 is 3.61. The van der Waals surface area contributed by atoms with Crippen LogP contribution in [0.3, 0.4) is 0 Å². The predicted molar refractivity (Wildman–Crippen MR) is 144 cm³/mol. The molecule has 5 heteroatoms. The molecular formula is C30H24BrNO3. The Morgan fingerprint density at radius 3 is 2.29 bits per heavy atom. The molecule has 1 aliphatic rings. The van der Waals surface area contributed by atoms with Gasteiger partial charge in [0.15, 0.2) is 11.5 Å². The third-order valence-electron chi connectivity index (χ3n) is 5.99. The van der Waals surface area contributed by atoms with E-state index in [0.717, 1.165) is 43.9 Å². The molecular weight excluding hydrogens is 502 g/mol. The molecule has 0 saturated heterocycles. The monoisotopic (exact) mass is 525 g/mol. The van der Waals surface area contributed by atoms with Crippen LogP contribution in [0, 0.1) is 0 Å². The molecule has 0 N–H and O–H groups in total. The summed E-state index contributed by atoms with van der Waals surface area (Å²) in [6, 6.07) is 32.3. The van der Waals surface area contributed by atoms with Crippen LogP contribution in [-0.2, 0) is 0 Å². The predicted octanol–water partition coefficient (Wildman–Crippen LogP) is 7.80. The molecule has 0 bridgehead atoms. The van der Waals surface area contributed by atoms with Crippen molar-refractivity contribution in [2.75, 3.05) is 14.2 Å². The lowest BCUT2D eigenvalue weighted by Crippen LogP contribution is -2.17. The van der Waals surface area contributed by atoms with Crippen LogP contribution < -0.4 is 14.2 Å². The van der Waals surface area contributed by atoms with Gasteiger partial charge in [-0.2, -0.15) is 0 Å². The number of aliphatic imine (C=N–C) groups is 1. The summed E-state index contributed by atoms with van der Waals surface area (Å²) < 4.78 is 18.5. The molecule has 1 aliphatic heterocycles. The van der Waals surface area contributed by atoms with Gasteiger partial charge in [0.25, 0.3) is 0 Å². The lowest BCUT2D eigenvalue weighted by Gasteiger charge is -2.30. The van der Waals surface area contributed by atoms with E-state index in [0.29, 0.717) is 11.5 Å². The van der Waals surface area contributed by atoms with Crippen molar-refractivity contribution < 1.29 is 14.2 Å². The number of hydrogen-bond donors (Lipinski definition) is 0. The Labute approximate surface area is 213 Å². The number of methoxy groups -OCH3 is 2. The minimum Gasteiger partial charge on any atom is -0.493 e. The first-order valence-corrected chi connectivity index (χ1v) is 12.1. The fourth-order valence-corrected chi connectivity index (χ4v) is 4.70. The Bertz CT molecular complexity index is 1410. The molecule has 0 spiro atoms. The Balaban J connectivity index is 1.75. The highest BCUT2D eigenvalue weighted by Gasteiger charge is 2.31. The summed E-state index contributed by atoms with van der Waals surface area (Å²) in [5.41, 5.74) is 4.94. The van der Waals surface area contributed by atoms with Crippen LogP contribution in [-0.4, -0.2) is 20.4 Å². The van der Waals surface area contributed by atoms with E-state index < -0.39 is 0 Å². The second kappa shape index (κ2) is 10.2. The molecule has 0 aliphatic carbocycles. The van der Waals surface area contributed by atoms with Crippen LogP contribution in [0.2, 0.25) is 0 Å². The minimum atomic E-state index is -0.0597. The summed E-state index contributed by atoms with van der Waals surface area (Å²) in [6.07, 6.45) is 1.92. The first kappa shape index (κ1) is 22.9. The van der Waals surface area contributed by atoms with Gasteiger partial charge in [-0.3, -0.25) is 4.99 Å². The highest BCUT2D eigenvalue weighted by molar-refractivity contribution is 9.10. The van der Waals surface area contributed by atoms with Gasteiger partial charge in [0, 0.05) is 33.3 Å². The van der Waals surface area contributed by atoms with Crippen molar-refractivity contribution in [3.05, 3.63) is 124 Å². The van der Waals surface area contributed by atoms with E-state index in [4.69, 9.17) is 19.2 Å². The zero-order chi connectivity index (χ0) is 24.2. The quantitative estimate of drug-likeness (QED) is 0.241. The van der Waals surface area contributed by atoms with E-state index in [1.807, 2.05) is 72.9 Å². The highest BCUT2D eigenvalue weighted by Crippen LogP contribution is 2.46. The molecule has 0 unspecified atom stereocenters. The van der Waals surface area contributed by atoms with Crippen LogP contribution in [0.1, 0.15) is 22.6 Å². The highest BCUT2D eigenvalue weighted by atomic mass is 79.9. The molecule has 4 aromatic rings. The van der Waals surface area contributed by atoms with E-state index in [1.165, 1.54) is 0 Å². The Hall–Kier alpha value is -3.83. The average molecular weight is 526 g/mol. The van der Waals surface area contributed by atoms with Gasteiger partial charge in [-0.1, -0.05) is 60.7 Å². The number of allylic oxidation sites excluding steroid dienone is 1. The van der Waals surface area contributed by atoms with E-state index in [1.54, 1.807) is 14.2 Å². The van der Waals surface area contributed by atoms with E-state index in [-0.39, 0.29) is 5.92 Å². The molecule has 0 radical (unpaired) electrons. The lowest BCUT2D eigenvalue weighted by atomic mass is 9.81. The normalized spacial score (nSPS) is 15.0. The maximum Gasteiger partial charge on any atom is 0.161 e. The van der Waals surface area contributed by atoms with Gasteiger partial charge in [-0.15, -0.1) is 0 Å². The number of para-hydroxylation sites is 2. The maximum atomic E-state index is 6.55. The van der Waals surface area contributed by atoms with Crippen LogP contribution in [0.25, 0.3) is 5.76 Å². The van der Waals surface area contributed by atoms with Gasteiger partial charge in [0.1, 0.15) is 11.5 Å². The summed E-state index contributed by atoms with van der Waals surface area (Å²) in [5.74, 6) is 2.79. The van der Waals surface area contributed by atoms with E-state index in [2.05, 4.69) is 46.3 Å². The Kier molecular flexibility index (Phi) is 6.68. The molecule has 0 amide bonds. The van der Waals surface area contributed by atoms with Crippen molar-refractivity contribution >= 4 is 33.6 Å². The van der Waals surface area contributed by atoms with Crippen LogP contribution in [0.4, 0.5) is 5.69 Å². The largest absolute Gasteiger partial charge is 0.493 e. The van der Waals surface area contributed by atoms with E-state index in [9.17, 15) is 0 Å². The number of rotatable bonds is 6. The molecule has 0 saturated carbocycles. The van der Waals surface area contributed by atoms with Gasteiger partial charge in [0.2, 0.25) is 0 Å². The van der Waals surface area contributed by atoms with Gasteiger partial charge < -0.3 is 14.2 Å². The SMILES string of the molecule is COc1ccc(C2=C(C=Nc3ccccc3Br)[C@@H](c3ccccc3)c3ccccc3O2)cc1OC. The van der Waals surface area contributed by atoms with Crippen molar-refractivity contribution in [1.82, 2.24) is 0 Å². The van der Waals surface area contributed by atoms with Crippen molar-refractivity contribution in [1.29, 1.82) is 0 Å². The molecule has 4 nitrogen and oxygen atoms in total. The van der Waals surface area contributed by atoms with Gasteiger partial charge in [-0.05, 0) is 57.9 Å². The number of fused-ring (bicyclic) bond motifs is 1. The number of hydrogen-bond acceptors (Lipinski definition) is 4. The second-order valence-corrected chi connectivity index (χ2v) is 8.90. The standard InChI is InChI=1S/C30H24BrNO3/c1-33-27-17-16-21(18-28(27)34-2)30-23(19-32-25-14-8-7-13-24(25)31)29(20-10-4-3-5-11-20)22-12-6-9-15-26(22)35-30/h3-19,29H,1-2H3/t29-/m0/s1. The van der Waals surface area contributed by atoms with Gasteiger partial charge in [-0.25, -0.2) is 0 Å². The fourth-order valence-electron chi connectivity index (χ4n) is 4.32. The molecule has 4 aromatic carbocycles. The zero-order valence-corrected chi connectivity index (χ0v) is 21.0.